The van der Waals surface area contributed by atoms with Crippen molar-refractivity contribution in [1.82, 2.24) is 9.29 Å². The monoisotopic (exact) mass is 495 g/mol. The van der Waals surface area contributed by atoms with Gasteiger partial charge >= 0.3 is 0 Å². The number of nitrogen functional groups attached to an aromatic ring is 1. The SMILES string of the molecule is Cc1c(/N=N/c2ccc(S(=O)(=O)NCC3CCCO3)cc2)c(O)n(CCOCCO)c(=O)c1N. The molecule has 2 heterocycles. The Hall–Kier alpha value is -2.84. The predicted molar refractivity (Wildman–Crippen MR) is 124 cm³/mol. The molecule has 13 heteroatoms. The molecule has 1 atom stereocenters. The van der Waals surface area contributed by atoms with Crippen molar-refractivity contribution >= 4 is 27.1 Å². The lowest BCUT2D eigenvalue weighted by Crippen LogP contribution is -2.31. The minimum atomic E-state index is -3.70. The molecule has 34 heavy (non-hydrogen) atoms. The van der Waals surface area contributed by atoms with Crippen molar-refractivity contribution in [3.05, 3.63) is 40.2 Å². The number of anilines is 1. The highest BCUT2D eigenvalue weighted by Crippen LogP contribution is 2.33. The zero-order valence-corrected chi connectivity index (χ0v) is 19.6. The summed E-state index contributed by atoms with van der Waals surface area (Å²) in [4.78, 5) is 12.5. The number of aromatic hydroxyl groups is 1. The van der Waals surface area contributed by atoms with Crippen LogP contribution in [-0.4, -0.2) is 62.3 Å². The third-order valence-electron chi connectivity index (χ3n) is 5.33. The molecule has 1 unspecified atom stereocenters. The Morgan fingerprint density at radius 2 is 2.00 bits per heavy atom. The van der Waals surface area contributed by atoms with Gasteiger partial charge in [-0.05, 0) is 44.0 Å². The molecule has 186 valence electrons. The second kappa shape index (κ2) is 11.5. The number of nitrogens with zero attached hydrogens (tertiary/aromatic N) is 3. The quantitative estimate of drug-likeness (QED) is 0.266. The standard InChI is InChI=1S/C21H29N5O7S/c1-14-18(22)20(28)26(8-11-32-12-9-27)21(29)19(14)25-24-15-4-6-17(7-5-15)34(30,31)23-13-16-3-2-10-33-16/h4-7,16,23,27,29H,2-3,8-13,22H2,1H3/b25-24+. The van der Waals surface area contributed by atoms with Gasteiger partial charge in [0.25, 0.3) is 5.56 Å². The summed E-state index contributed by atoms with van der Waals surface area (Å²) in [6.07, 6.45) is 1.62. The molecule has 1 fully saturated rings. The van der Waals surface area contributed by atoms with Crippen LogP contribution in [0.15, 0.2) is 44.2 Å². The van der Waals surface area contributed by atoms with Crippen molar-refractivity contribution in [3.63, 3.8) is 0 Å². The van der Waals surface area contributed by atoms with Crippen LogP contribution in [0.25, 0.3) is 0 Å². The van der Waals surface area contributed by atoms with E-state index in [2.05, 4.69) is 15.0 Å². The summed E-state index contributed by atoms with van der Waals surface area (Å²) >= 11 is 0. The molecule has 0 saturated carbocycles. The zero-order valence-electron chi connectivity index (χ0n) is 18.8. The van der Waals surface area contributed by atoms with Gasteiger partial charge in [0.1, 0.15) is 5.69 Å². The highest BCUT2D eigenvalue weighted by atomic mass is 32.2. The van der Waals surface area contributed by atoms with E-state index >= 15 is 0 Å². The topological polar surface area (TPSA) is 178 Å². The summed E-state index contributed by atoms with van der Waals surface area (Å²) in [5.74, 6) is -0.425. The van der Waals surface area contributed by atoms with Gasteiger partial charge in [-0.25, -0.2) is 13.1 Å². The third kappa shape index (κ3) is 6.18. The molecule has 2 aromatic rings. The highest BCUT2D eigenvalue weighted by molar-refractivity contribution is 7.89. The number of hydrogen-bond acceptors (Lipinski definition) is 10. The number of hydrogen-bond donors (Lipinski definition) is 4. The van der Waals surface area contributed by atoms with Gasteiger partial charge in [0.2, 0.25) is 15.9 Å². The lowest BCUT2D eigenvalue weighted by molar-refractivity contribution is 0.0854. The first kappa shape index (κ1) is 25.8. The van der Waals surface area contributed by atoms with Crippen molar-refractivity contribution in [3.8, 4) is 5.88 Å². The summed E-state index contributed by atoms with van der Waals surface area (Å²) in [6, 6.07) is 5.73. The molecule has 1 aromatic heterocycles. The van der Waals surface area contributed by atoms with Crippen LogP contribution in [0.3, 0.4) is 0 Å². The molecule has 0 bridgehead atoms. The molecule has 0 radical (unpaired) electrons. The Labute approximate surface area is 197 Å². The Morgan fingerprint density at radius 3 is 2.65 bits per heavy atom. The molecule has 0 amide bonds. The van der Waals surface area contributed by atoms with Crippen LogP contribution in [0.2, 0.25) is 0 Å². The van der Waals surface area contributed by atoms with E-state index in [0.29, 0.717) is 12.3 Å². The largest absolute Gasteiger partial charge is 0.493 e. The number of azo groups is 1. The minimum absolute atomic E-state index is 0.00310. The van der Waals surface area contributed by atoms with Crippen molar-refractivity contribution in [2.45, 2.75) is 37.3 Å². The Morgan fingerprint density at radius 1 is 1.26 bits per heavy atom. The molecule has 12 nitrogen and oxygen atoms in total. The Balaban J connectivity index is 1.75. The van der Waals surface area contributed by atoms with E-state index in [9.17, 15) is 18.3 Å². The van der Waals surface area contributed by atoms with Crippen LogP contribution in [-0.2, 0) is 26.0 Å². The van der Waals surface area contributed by atoms with Crippen LogP contribution in [0, 0.1) is 6.92 Å². The van der Waals surface area contributed by atoms with E-state index in [1.54, 1.807) is 0 Å². The zero-order chi connectivity index (χ0) is 24.7. The van der Waals surface area contributed by atoms with Crippen LogP contribution < -0.4 is 16.0 Å². The normalized spacial score (nSPS) is 16.5. The van der Waals surface area contributed by atoms with Crippen molar-refractivity contribution in [2.75, 3.05) is 38.7 Å². The van der Waals surface area contributed by atoms with Gasteiger partial charge < -0.3 is 25.4 Å². The van der Waals surface area contributed by atoms with Crippen LogP contribution in [0.5, 0.6) is 5.88 Å². The van der Waals surface area contributed by atoms with E-state index in [0.717, 1.165) is 17.4 Å². The number of aliphatic hydroxyl groups excluding tert-OH is 1. The van der Waals surface area contributed by atoms with Crippen LogP contribution in [0.4, 0.5) is 17.1 Å². The highest BCUT2D eigenvalue weighted by Gasteiger charge is 2.20. The second-order valence-corrected chi connectivity index (χ2v) is 9.45. The average molecular weight is 496 g/mol. The van der Waals surface area contributed by atoms with Gasteiger partial charge in [-0.2, -0.15) is 5.11 Å². The van der Waals surface area contributed by atoms with Crippen molar-refractivity contribution in [1.29, 1.82) is 0 Å². The van der Waals surface area contributed by atoms with Crippen LogP contribution in [0.1, 0.15) is 18.4 Å². The fourth-order valence-corrected chi connectivity index (χ4v) is 4.43. The summed E-state index contributed by atoms with van der Waals surface area (Å²) in [6.45, 7) is 2.40. The number of aliphatic hydroxyl groups is 1. The number of nitrogens with two attached hydrogens (primary N) is 1. The molecule has 1 aromatic carbocycles. The molecular weight excluding hydrogens is 466 g/mol. The maximum absolute atomic E-state index is 12.5. The van der Waals surface area contributed by atoms with E-state index in [4.69, 9.17) is 20.3 Å². The van der Waals surface area contributed by atoms with Crippen molar-refractivity contribution in [2.24, 2.45) is 10.2 Å². The molecule has 3 rings (SSSR count). The molecule has 1 aliphatic heterocycles. The molecule has 0 aliphatic carbocycles. The molecule has 1 saturated heterocycles. The van der Waals surface area contributed by atoms with E-state index < -0.39 is 21.5 Å². The Bertz CT molecular complexity index is 1170. The molecular formula is C21H29N5O7S. The number of ether oxygens (including phenoxy) is 2. The maximum Gasteiger partial charge on any atom is 0.276 e. The van der Waals surface area contributed by atoms with Gasteiger partial charge in [0.05, 0.1) is 43.1 Å². The average Bonchev–Trinajstić information content (AvgIpc) is 3.35. The summed E-state index contributed by atoms with van der Waals surface area (Å²) in [7, 11) is -3.70. The predicted octanol–water partition coefficient (Wildman–Crippen LogP) is 1.33. The number of rotatable bonds is 11. The molecule has 0 spiro atoms. The number of aromatic nitrogens is 1. The number of pyridine rings is 1. The van der Waals surface area contributed by atoms with Gasteiger partial charge in [-0.15, -0.1) is 5.11 Å². The van der Waals surface area contributed by atoms with Gasteiger partial charge in [-0.1, -0.05) is 0 Å². The van der Waals surface area contributed by atoms with Gasteiger partial charge in [0, 0.05) is 18.7 Å². The molecule has 1 aliphatic rings. The summed E-state index contributed by atoms with van der Waals surface area (Å²) in [5, 5.41) is 27.4. The first-order valence-electron chi connectivity index (χ1n) is 10.8. The second-order valence-electron chi connectivity index (χ2n) is 7.68. The summed E-state index contributed by atoms with van der Waals surface area (Å²) < 4.78 is 39.1. The first-order chi connectivity index (χ1) is 16.2. The fourth-order valence-electron chi connectivity index (χ4n) is 3.37. The van der Waals surface area contributed by atoms with Gasteiger partial charge in [-0.3, -0.25) is 9.36 Å². The number of sulfonamides is 1. The lowest BCUT2D eigenvalue weighted by atomic mass is 10.2. The first-order valence-corrected chi connectivity index (χ1v) is 12.3. The van der Waals surface area contributed by atoms with E-state index in [-0.39, 0.29) is 60.8 Å². The fraction of sp³-hybridized carbons (Fsp3) is 0.476. The Kier molecular flexibility index (Phi) is 8.74. The van der Waals surface area contributed by atoms with E-state index in [1.165, 1.54) is 31.2 Å². The van der Waals surface area contributed by atoms with Crippen LogP contribution >= 0.6 is 0 Å². The molecule has 5 N–H and O–H groups in total. The smallest absolute Gasteiger partial charge is 0.276 e. The number of nitrogens with one attached hydrogen (secondary N) is 1. The minimum Gasteiger partial charge on any atom is -0.493 e. The van der Waals surface area contributed by atoms with Crippen molar-refractivity contribution < 1.29 is 28.1 Å². The summed E-state index contributed by atoms with van der Waals surface area (Å²) in [5.41, 5.74) is 5.80. The van der Waals surface area contributed by atoms with Gasteiger partial charge in [0.15, 0.2) is 5.69 Å². The number of benzene rings is 1. The van der Waals surface area contributed by atoms with E-state index in [1.807, 2.05) is 0 Å². The maximum atomic E-state index is 12.5. The lowest BCUT2D eigenvalue weighted by Gasteiger charge is -2.13. The third-order valence-corrected chi connectivity index (χ3v) is 6.77.